The molecule has 8 aromatic rings. The first kappa shape index (κ1) is 29.2. The summed E-state index contributed by atoms with van der Waals surface area (Å²) in [7, 11) is 0. The van der Waals surface area contributed by atoms with Gasteiger partial charge in [0.15, 0.2) is 0 Å². The molecule has 0 fully saturated rings. The van der Waals surface area contributed by atoms with Crippen LogP contribution in [0, 0.1) is 19.0 Å². The van der Waals surface area contributed by atoms with Gasteiger partial charge < -0.3 is 9.40 Å². The van der Waals surface area contributed by atoms with Gasteiger partial charge in [-0.05, 0) is 35.3 Å². The van der Waals surface area contributed by atoms with Crippen molar-refractivity contribution in [3.8, 4) is 33.6 Å². The molecule has 8 rings (SSSR count). The average Bonchev–Trinajstić information content (AvgIpc) is 3.57. The van der Waals surface area contributed by atoms with E-state index in [1.165, 1.54) is 6.20 Å². The molecule has 3 heterocycles. The number of rotatable bonds is 6. The fourth-order valence-corrected chi connectivity index (χ4v) is 8.79. The van der Waals surface area contributed by atoms with Crippen LogP contribution in [-0.4, -0.2) is 23.2 Å². The molecule has 0 aliphatic carbocycles. The van der Waals surface area contributed by atoms with E-state index in [-0.39, 0.29) is 25.7 Å². The number of para-hydroxylation sites is 1. The summed E-state index contributed by atoms with van der Waals surface area (Å²) in [4.78, 5) is 9.10. The predicted molar refractivity (Wildman–Crippen MR) is 207 cm³/mol. The normalized spacial score (nSPS) is 13.1. The minimum absolute atomic E-state index is 0. The van der Waals surface area contributed by atoms with E-state index in [0.29, 0.717) is 28.0 Å². The predicted octanol–water partition coefficient (Wildman–Crippen LogP) is 11.1. The molecule has 0 N–H and O–H groups in total. The van der Waals surface area contributed by atoms with Crippen molar-refractivity contribution in [2.75, 3.05) is 0 Å². The molecular formula is C45H38GeIrN2O-2. The molecule has 3 nitrogen and oxygen atoms in total. The number of nitrogens with zero attached hydrogens (tertiary/aromatic N) is 2. The van der Waals surface area contributed by atoms with Crippen LogP contribution in [0.5, 0.6) is 0 Å². The Bertz CT molecular complexity index is 2550. The molecule has 5 heteroatoms. The molecule has 0 saturated heterocycles. The maximum atomic E-state index is 8.85. The number of furan rings is 1. The van der Waals surface area contributed by atoms with Gasteiger partial charge in [-0.25, -0.2) is 0 Å². The van der Waals surface area contributed by atoms with Gasteiger partial charge in [-0.3, -0.25) is 0 Å². The van der Waals surface area contributed by atoms with Gasteiger partial charge in [-0.15, -0.1) is 18.2 Å². The first-order valence-electron chi connectivity index (χ1n) is 18.7. The summed E-state index contributed by atoms with van der Waals surface area (Å²) in [6, 6.07) is 48.4. The Kier molecular flexibility index (Phi) is 9.05. The maximum Gasteiger partial charge on any atom is 0 e. The van der Waals surface area contributed by atoms with Gasteiger partial charge in [0.1, 0.15) is 5.58 Å². The molecule has 0 aliphatic heterocycles. The van der Waals surface area contributed by atoms with E-state index in [4.69, 9.17) is 11.3 Å². The number of benzene rings is 5. The molecule has 249 valence electrons. The second kappa shape index (κ2) is 15.5. The minimum Gasteiger partial charge on any atom is 0 e. The van der Waals surface area contributed by atoms with E-state index in [2.05, 4.69) is 39.4 Å². The third kappa shape index (κ3) is 7.74. The van der Waals surface area contributed by atoms with Crippen LogP contribution in [0.4, 0.5) is 0 Å². The molecule has 50 heavy (non-hydrogen) atoms. The zero-order chi connectivity index (χ0) is 38.1. The van der Waals surface area contributed by atoms with Gasteiger partial charge in [-0.2, -0.15) is 0 Å². The number of aryl methyl sites for hydroxylation is 1. The van der Waals surface area contributed by atoms with Gasteiger partial charge >= 0.3 is 144 Å². The molecule has 0 atom stereocenters. The van der Waals surface area contributed by atoms with Crippen LogP contribution in [0.2, 0.25) is 17.3 Å². The molecule has 0 unspecified atom stereocenters. The summed E-state index contributed by atoms with van der Waals surface area (Å²) in [6.07, 6.45) is 1.79. The third-order valence-electron chi connectivity index (χ3n) is 8.33. The Morgan fingerprint density at radius 1 is 0.720 bits per heavy atom. The first-order valence-corrected chi connectivity index (χ1v) is 23.6. The smallest absolute Gasteiger partial charge is 0 e. The average molecular weight is 893 g/mol. The summed E-state index contributed by atoms with van der Waals surface area (Å²) in [5.74, 6) is 6.82. The van der Waals surface area contributed by atoms with Crippen molar-refractivity contribution in [2.45, 2.75) is 30.5 Å². The molecule has 0 spiro atoms. The van der Waals surface area contributed by atoms with Crippen molar-refractivity contribution in [1.82, 2.24) is 9.97 Å². The standard InChI is InChI=1S/C24H16NO.C21H22GeN.Ir/c1-16-15-25-22(14-21(16)17-8-3-2-4-9-17)20-12-7-11-19-18-10-5-6-13-23(18)26-24(19)20;1-22(2,3)20-16-23-21(18-12-8-5-9-13-18)15-19(20)14-17-10-6-4-7-11-17;/h2-11,13-15H,1H3;4-12,15-16H,14H2,1-3H3;/q2*-1;/i1D3;14D2;. The molecule has 0 saturated carbocycles. The zero-order valence-electron chi connectivity index (χ0n) is 33.0. The molecular weight excluding hydrogens is 849 g/mol. The Balaban J connectivity index is 0.000000186. The quantitative estimate of drug-likeness (QED) is 0.123. The fourth-order valence-electron chi connectivity index (χ4n) is 5.86. The first-order chi connectivity index (χ1) is 25.8. The minimum atomic E-state index is -2.30. The van der Waals surface area contributed by atoms with Crippen molar-refractivity contribution >= 4 is 39.6 Å². The third-order valence-corrected chi connectivity index (χ3v) is 12.6. The second-order valence-electron chi connectivity index (χ2n) is 12.8. The zero-order valence-corrected chi connectivity index (χ0v) is 32.5. The van der Waals surface area contributed by atoms with Crippen LogP contribution in [0.15, 0.2) is 150 Å². The number of pyridine rings is 2. The van der Waals surface area contributed by atoms with Crippen LogP contribution in [-0.2, 0) is 26.5 Å². The van der Waals surface area contributed by atoms with Crippen LogP contribution < -0.4 is 4.40 Å². The van der Waals surface area contributed by atoms with Crippen LogP contribution in [0.1, 0.15) is 23.5 Å². The van der Waals surface area contributed by atoms with Crippen molar-refractivity contribution in [2.24, 2.45) is 0 Å². The summed E-state index contributed by atoms with van der Waals surface area (Å²) in [6.45, 7) is -2.26. The SMILES string of the molecule is [2H]C([2H])([2H])c1cnc(-c2[c-]ccc3c2oc2ccccc23)cc1-c1ccccc1.[2H]C([2H])(c1ccccc1)c1cc(-c2[c-]cccc2)nc[c]1[Ge]([CH3])([CH3])[CH3].[Ir]. The van der Waals surface area contributed by atoms with Crippen molar-refractivity contribution in [3.63, 3.8) is 0 Å². The van der Waals surface area contributed by atoms with Gasteiger partial charge in [0.25, 0.3) is 0 Å². The molecule has 0 bridgehead atoms. The Morgan fingerprint density at radius 2 is 1.44 bits per heavy atom. The maximum absolute atomic E-state index is 8.85. The number of aromatic nitrogens is 2. The monoisotopic (exact) mass is 894 g/mol. The van der Waals surface area contributed by atoms with Crippen LogP contribution in [0.3, 0.4) is 0 Å². The Morgan fingerprint density at radius 3 is 2.18 bits per heavy atom. The van der Waals surface area contributed by atoms with E-state index < -0.39 is 26.5 Å². The van der Waals surface area contributed by atoms with Gasteiger partial charge in [0.05, 0.1) is 5.58 Å². The van der Waals surface area contributed by atoms with Crippen molar-refractivity contribution in [1.29, 1.82) is 0 Å². The van der Waals surface area contributed by atoms with Crippen LogP contribution in [0.25, 0.3) is 55.6 Å². The fraction of sp³-hybridized carbons (Fsp3) is 0.111. The molecule has 3 aromatic heterocycles. The van der Waals surface area contributed by atoms with Gasteiger partial charge in [0.2, 0.25) is 0 Å². The van der Waals surface area contributed by atoms with Gasteiger partial charge in [0, 0.05) is 35.8 Å². The summed E-state index contributed by atoms with van der Waals surface area (Å²) >= 11 is -2.30. The second-order valence-corrected chi connectivity index (χ2v) is 23.4. The number of fused-ring (bicyclic) bond motifs is 3. The Labute approximate surface area is 318 Å². The summed E-state index contributed by atoms with van der Waals surface area (Å²) in [5, 5.41) is 2.01. The van der Waals surface area contributed by atoms with E-state index in [0.717, 1.165) is 43.1 Å². The number of hydrogen-bond acceptors (Lipinski definition) is 3. The molecule has 0 aliphatic rings. The summed E-state index contributed by atoms with van der Waals surface area (Å²) < 4.78 is 48.6. The van der Waals surface area contributed by atoms with E-state index >= 15 is 0 Å². The van der Waals surface area contributed by atoms with Gasteiger partial charge in [-0.1, -0.05) is 65.5 Å². The summed E-state index contributed by atoms with van der Waals surface area (Å²) in [5.41, 5.74) is 7.61. The largest absolute Gasteiger partial charge is 0 e. The number of hydrogen-bond donors (Lipinski definition) is 0. The van der Waals surface area contributed by atoms with E-state index in [9.17, 15) is 0 Å². The molecule has 0 amide bonds. The van der Waals surface area contributed by atoms with E-state index in [1.54, 1.807) is 0 Å². The van der Waals surface area contributed by atoms with Crippen molar-refractivity contribution < 1.29 is 31.4 Å². The van der Waals surface area contributed by atoms with E-state index in [1.807, 2.05) is 140 Å². The molecule has 1 radical (unpaired) electrons. The molecule has 5 aromatic carbocycles. The van der Waals surface area contributed by atoms with Crippen molar-refractivity contribution in [3.05, 3.63) is 175 Å². The Hall–Kier alpha value is -4.61. The topological polar surface area (TPSA) is 38.9 Å². The van der Waals surface area contributed by atoms with Crippen LogP contribution >= 0.6 is 0 Å².